The number of aromatic nitrogens is 1. The number of para-hydroxylation sites is 2. The van der Waals surface area contributed by atoms with Crippen LogP contribution in [0.15, 0.2) is 255 Å². The van der Waals surface area contributed by atoms with Gasteiger partial charge in [-0.25, -0.2) is 0 Å². The van der Waals surface area contributed by atoms with Crippen LogP contribution >= 0.6 is 0 Å². The summed E-state index contributed by atoms with van der Waals surface area (Å²) in [5, 5.41) is 2.38. The lowest BCUT2D eigenvalue weighted by Gasteiger charge is -2.29. The molecule has 2 heteroatoms. The molecule has 0 aliphatic heterocycles. The quantitative estimate of drug-likeness (QED) is 0.141. The van der Waals surface area contributed by atoms with Crippen LogP contribution in [-0.4, -0.2) is 4.57 Å². The van der Waals surface area contributed by atoms with Crippen molar-refractivity contribution in [2.24, 2.45) is 0 Å². The van der Waals surface area contributed by atoms with Crippen LogP contribution in [0.1, 0.15) is 0 Å². The first-order valence-electron chi connectivity index (χ1n) is 21.3. The van der Waals surface area contributed by atoms with Crippen molar-refractivity contribution in [1.82, 2.24) is 4.57 Å². The third-order valence-corrected chi connectivity index (χ3v) is 12.0. The van der Waals surface area contributed by atoms with Crippen LogP contribution in [0.5, 0.6) is 0 Å². The van der Waals surface area contributed by atoms with Crippen LogP contribution in [0.25, 0.3) is 83.1 Å². The Morgan fingerprint density at radius 2 is 0.726 bits per heavy atom. The molecule has 0 saturated carbocycles. The summed E-state index contributed by atoms with van der Waals surface area (Å²) in [5.74, 6) is 0. The van der Waals surface area contributed by atoms with E-state index in [1.165, 1.54) is 60.8 Å². The summed E-state index contributed by atoms with van der Waals surface area (Å²) in [6.07, 6.45) is 0. The fourth-order valence-corrected chi connectivity index (χ4v) is 9.17. The molecule has 292 valence electrons. The topological polar surface area (TPSA) is 8.17 Å². The maximum absolute atomic E-state index is 2.47. The van der Waals surface area contributed by atoms with E-state index in [1.54, 1.807) is 0 Å². The number of benzene rings is 10. The monoisotopic (exact) mass is 790 g/mol. The second-order valence-electron chi connectivity index (χ2n) is 15.7. The van der Waals surface area contributed by atoms with Gasteiger partial charge in [-0.15, -0.1) is 0 Å². The predicted octanol–water partition coefficient (Wildman–Crippen LogP) is 16.6. The van der Waals surface area contributed by atoms with E-state index < -0.39 is 0 Å². The van der Waals surface area contributed by atoms with Gasteiger partial charge < -0.3 is 9.47 Å². The molecular weight excluding hydrogens is 749 g/mol. The lowest BCUT2D eigenvalue weighted by molar-refractivity contribution is 1.18. The minimum absolute atomic E-state index is 1.08. The van der Waals surface area contributed by atoms with Crippen LogP contribution < -0.4 is 4.90 Å². The molecule has 0 N–H and O–H groups in total. The molecule has 0 saturated heterocycles. The normalized spacial score (nSPS) is 11.2. The summed E-state index contributed by atoms with van der Waals surface area (Å²) in [7, 11) is 0. The fourth-order valence-electron chi connectivity index (χ4n) is 9.17. The van der Waals surface area contributed by atoms with E-state index in [9.17, 15) is 0 Å². The van der Waals surface area contributed by atoms with E-state index in [2.05, 4.69) is 264 Å². The van der Waals surface area contributed by atoms with Gasteiger partial charge in [-0.3, -0.25) is 0 Å². The van der Waals surface area contributed by atoms with Gasteiger partial charge in [0, 0.05) is 27.6 Å². The largest absolute Gasteiger partial charge is 0.309 e. The molecule has 62 heavy (non-hydrogen) atoms. The van der Waals surface area contributed by atoms with E-state index in [-0.39, 0.29) is 0 Å². The molecule has 1 heterocycles. The van der Waals surface area contributed by atoms with Crippen molar-refractivity contribution in [2.75, 3.05) is 4.90 Å². The average molecular weight is 791 g/mol. The molecule has 1 aromatic heterocycles. The van der Waals surface area contributed by atoms with E-state index in [1.807, 2.05) is 0 Å². The number of anilines is 3. The van der Waals surface area contributed by atoms with Gasteiger partial charge in [-0.05, 0) is 93.0 Å². The molecule has 0 spiro atoms. The lowest BCUT2D eigenvalue weighted by Crippen LogP contribution is -2.11. The standard InChI is InChI=1S/C60H42N2/c1-5-20-43(21-6-1)48-38-41-57(54(42-48)46-26-11-4-12-27-46)62-56-33-18-16-31-53(56)60-58(34-19-35-59(60)62)61(55-32-17-15-30-52(55)45-24-9-3-10-25-45)49-39-36-47(37-40-49)51-29-14-13-28-50(51)44-22-7-2-8-23-44/h1-42H. The zero-order chi connectivity index (χ0) is 41.2. The van der Waals surface area contributed by atoms with Crippen molar-refractivity contribution in [2.45, 2.75) is 0 Å². The summed E-state index contributed by atoms with van der Waals surface area (Å²) >= 11 is 0. The Morgan fingerprint density at radius 3 is 1.37 bits per heavy atom. The van der Waals surface area contributed by atoms with Gasteiger partial charge in [-0.1, -0.05) is 206 Å². The fraction of sp³-hybridized carbons (Fsp3) is 0. The molecule has 0 aliphatic carbocycles. The summed E-state index contributed by atoms with van der Waals surface area (Å²) in [6.45, 7) is 0. The molecule has 0 fully saturated rings. The van der Waals surface area contributed by atoms with Crippen LogP contribution in [0, 0.1) is 0 Å². The van der Waals surface area contributed by atoms with Gasteiger partial charge >= 0.3 is 0 Å². The molecule has 0 bridgehead atoms. The van der Waals surface area contributed by atoms with Crippen molar-refractivity contribution >= 4 is 38.9 Å². The van der Waals surface area contributed by atoms with Gasteiger partial charge in [0.15, 0.2) is 0 Å². The Morgan fingerprint density at radius 1 is 0.274 bits per heavy atom. The van der Waals surface area contributed by atoms with E-state index in [0.29, 0.717) is 0 Å². The maximum Gasteiger partial charge on any atom is 0.0562 e. The highest BCUT2D eigenvalue weighted by molar-refractivity contribution is 6.17. The Bertz CT molecular complexity index is 3310. The summed E-state index contributed by atoms with van der Waals surface area (Å²) in [6, 6.07) is 92.1. The first-order valence-corrected chi connectivity index (χ1v) is 21.3. The SMILES string of the molecule is c1ccc(-c2ccc(-n3c4ccccc4c4c(N(c5ccc(-c6ccccc6-c6ccccc6)cc5)c5ccccc5-c5ccccc5)cccc43)c(-c3ccccc3)c2)cc1. The minimum atomic E-state index is 1.08. The molecule has 0 amide bonds. The van der Waals surface area contributed by atoms with Crippen molar-refractivity contribution < 1.29 is 0 Å². The zero-order valence-electron chi connectivity index (χ0n) is 34.1. The maximum atomic E-state index is 2.47. The lowest BCUT2D eigenvalue weighted by atomic mass is 9.94. The molecule has 0 aliphatic rings. The Labute approximate surface area is 362 Å². The second kappa shape index (κ2) is 16.1. The van der Waals surface area contributed by atoms with Crippen molar-refractivity contribution in [1.29, 1.82) is 0 Å². The van der Waals surface area contributed by atoms with Crippen LogP contribution in [0.2, 0.25) is 0 Å². The Balaban J connectivity index is 1.15. The van der Waals surface area contributed by atoms with Crippen molar-refractivity contribution in [3.8, 4) is 61.3 Å². The van der Waals surface area contributed by atoms with Gasteiger partial charge in [0.1, 0.15) is 0 Å². The first kappa shape index (κ1) is 36.8. The molecule has 11 rings (SSSR count). The number of nitrogens with zero attached hydrogens (tertiary/aromatic N) is 2. The van der Waals surface area contributed by atoms with Crippen molar-refractivity contribution in [3.05, 3.63) is 255 Å². The Kier molecular flexibility index (Phi) is 9.57. The molecule has 0 unspecified atom stereocenters. The molecule has 11 aromatic rings. The van der Waals surface area contributed by atoms with E-state index in [0.717, 1.165) is 39.3 Å². The van der Waals surface area contributed by atoms with Gasteiger partial charge in [0.2, 0.25) is 0 Å². The number of rotatable bonds is 9. The summed E-state index contributed by atoms with van der Waals surface area (Å²) in [5.41, 5.74) is 18.6. The highest BCUT2D eigenvalue weighted by Gasteiger charge is 2.24. The highest BCUT2D eigenvalue weighted by Crippen LogP contribution is 2.48. The molecule has 0 atom stereocenters. The zero-order valence-corrected chi connectivity index (χ0v) is 34.1. The third kappa shape index (κ3) is 6.65. The van der Waals surface area contributed by atoms with Gasteiger partial charge in [-0.2, -0.15) is 0 Å². The number of fused-ring (bicyclic) bond motifs is 3. The Hall–Kier alpha value is -8.20. The van der Waals surface area contributed by atoms with E-state index in [4.69, 9.17) is 0 Å². The summed E-state index contributed by atoms with van der Waals surface area (Å²) < 4.78 is 2.47. The smallest absolute Gasteiger partial charge is 0.0562 e. The number of hydrogen-bond donors (Lipinski definition) is 0. The third-order valence-electron chi connectivity index (χ3n) is 12.0. The summed E-state index contributed by atoms with van der Waals surface area (Å²) in [4.78, 5) is 2.46. The molecular formula is C60H42N2. The van der Waals surface area contributed by atoms with Crippen LogP contribution in [0.4, 0.5) is 17.1 Å². The average Bonchev–Trinajstić information content (AvgIpc) is 3.70. The molecule has 10 aromatic carbocycles. The molecule has 0 radical (unpaired) electrons. The van der Waals surface area contributed by atoms with Gasteiger partial charge in [0.05, 0.1) is 28.1 Å². The van der Waals surface area contributed by atoms with Gasteiger partial charge in [0.25, 0.3) is 0 Å². The van der Waals surface area contributed by atoms with Crippen LogP contribution in [0.3, 0.4) is 0 Å². The second-order valence-corrected chi connectivity index (χ2v) is 15.7. The number of hydrogen-bond acceptors (Lipinski definition) is 1. The predicted molar refractivity (Wildman–Crippen MR) is 263 cm³/mol. The molecule has 2 nitrogen and oxygen atoms in total. The first-order chi connectivity index (χ1) is 30.8. The van der Waals surface area contributed by atoms with Crippen LogP contribution in [-0.2, 0) is 0 Å². The van der Waals surface area contributed by atoms with E-state index >= 15 is 0 Å². The highest BCUT2D eigenvalue weighted by atomic mass is 15.2. The minimum Gasteiger partial charge on any atom is -0.309 e. The van der Waals surface area contributed by atoms with Crippen molar-refractivity contribution in [3.63, 3.8) is 0 Å².